The van der Waals surface area contributed by atoms with E-state index in [1.807, 2.05) is 0 Å². The van der Waals surface area contributed by atoms with Gasteiger partial charge in [-0.3, -0.25) is 9.89 Å². The number of H-pyrrole nitrogens is 1. The Balaban J connectivity index is 2.51. The van der Waals surface area contributed by atoms with E-state index < -0.39 is 6.04 Å². The molecule has 0 saturated carbocycles. The SMILES string of the molecule is C[C@H](N)C(=O)N(C)Cc1ncn[nH]1. The molecule has 1 aromatic rings. The molecule has 0 aliphatic heterocycles. The molecule has 1 atom stereocenters. The molecule has 0 aromatic carbocycles. The van der Waals surface area contributed by atoms with E-state index in [-0.39, 0.29) is 5.91 Å². The fourth-order valence-electron chi connectivity index (χ4n) is 0.957. The highest BCUT2D eigenvalue weighted by molar-refractivity contribution is 5.80. The zero-order chi connectivity index (χ0) is 9.84. The van der Waals surface area contributed by atoms with Crippen LogP contribution in [0.5, 0.6) is 0 Å². The van der Waals surface area contributed by atoms with E-state index >= 15 is 0 Å². The quantitative estimate of drug-likeness (QED) is 0.636. The van der Waals surface area contributed by atoms with Gasteiger partial charge in [0.25, 0.3) is 0 Å². The first-order valence-electron chi connectivity index (χ1n) is 3.96. The van der Waals surface area contributed by atoms with E-state index in [1.54, 1.807) is 14.0 Å². The largest absolute Gasteiger partial charge is 0.337 e. The van der Waals surface area contributed by atoms with Crippen LogP contribution < -0.4 is 5.73 Å². The van der Waals surface area contributed by atoms with Crippen molar-refractivity contribution < 1.29 is 4.79 Å². The summed E-state index contributed by atoms with van der Waals surface area (Å²) in [5.74, 6) is 0.535. The predicted molar refractivity (Wildman–Crippen MR) is 46.5 cm³/mol. The third kappa shape index (κ3) is 2.51. The van der Waals surface area contributed by atoms with Crippen LogP contribution in [0.3, 0.4) is 0 Å². The van der Waals surface area contributed by atoms with Gasteiger partial charge in [0, 0.05) is 7.05 Å². The Morgan fingerprint density at radius 1 is 1.85 bits per heavy atom. The van der Waals surface area contributed by atoms with Crippen LogP contribution in [0.25, 0.3) is 0 Å². The first-order chi connectivity index (χ1) is 6.11. The zero-order valence-corrected chi connectivity index (χ0v) is 7.69. The molecule has 0 aliphatic rings. The molecule has 0 saturated heterocycles. The minimum atomic E-state index is -0.479. The summed E-state index contributed by atoms with van der Waals surface area (Å²) in [7, 11) is 1.67. The number of hydrogen-bond acceptors (Lipinski definition) is 4. The lowest BCUT2D eigenvalue weighted by Gasteiger charge is -2.17. The van der Waals surface area contributed by atoms with Crippen LogP contribution >= 0.6 is 0 Å². The molecular weight excluding hydrogens is 170 g/mol. The van der Waals surface area contributed by atoms with Crippen molar-refractivity contribution in [3.63, 3.8) is 0 Å². The minimum absolute atomic E-state index is 0.114. The molecule has 3 N–H and O–H groups in total. The van der Waals surface area contributed by atoms with E-state index in [9.17, 15) is 4.79 Å². The highest BCUT2D eigenvalue weighted by Crippen LogP contribution is 1.96. The summed E-state index contributed by atoms with van der Waals surface area (Å²) in [6.07, 6.45) is 1.40. The Hall–Kier alpha value is -1.43. The van der Waals surface area contributed by atoms with Gasteiger partial charge in [-0.25, -0.2) is 4.98 Å². The maximum absolute atomic E-state index is 11.3. The number of carbonyl (C=O) groups is 1. The van der Waals surface area contributed by atoms with Crippen LogP contribution in [-0.2, 0) is 11.3 Å². The number of carbonyl (C=O) groups excluding carboxylic acids is 1. The van der Waals surface area contributed by atoms with Gasteiger partial charge in [0.15, 0.2) is 0 Å². The summed E-state index contributed by atoms with van der Waals surface area (Å²) >= 11 is 0. The molecule has 6 nitrogen and oxygen atoms in total. The zero-order valence-electron chi connectivity index (χ0n) is 7.69. The number of hydrogen-bond donors (Lipinski definition) is 2. The number of nitrogens with two attached hydrogens (primary N) is 1. The van der Waals surface area contributed by atoms with Crippen molar-refractivity contribution >= 4 is 5.91 Å². The molecule has 0 aliphatic carbocycles. The van der Waals surface area contributed by atoms with Crippen molar-refractivity contribution in [2.75, 3.05) is 7.05 Å². The summed E-state index contributed by atoms with van der Waals surface area (Å²) in [6.45, 7) is 2.06. The highest BCUT2D eigenvalue weighted by Gasteiger charge is 2.14. The third-order valence-electron chi connectivity index (χ3n) is 1.62. The molecule has 0 fully saturated rings. The van der Waals surface area contributed by atoms with E-state index in [1.165, 1.54) is 11.2 Å². The average Bonchev–Trinajstić information content (AvgIpc) is 2.55. The van der Waals surface area contributed by atoms with Gasteiger partial charge in [0.1, 0.15) is 12.2 Å². The van der Waals surface area contributed by atoms with Crippen molar-refractivity contribution in [1.82, 2.24) is 20.1 Å². The average molecular weight is 183 g/mol. The normalized spacial score (nSPS) is 12.5. The van der Waals surface area contributed by atoms with Crippen LogP contribution in [0.4, 0.5) is 0 Å². The van der Waals surface area contributed by atoms with Gasteiger partial charge in [0.2, 0.25) is 5.91 Å². The molecular formula is C7H13N5O. The third-order valence-corrected chi connectivity index (χ3v) is 1.62. The van der Waals surface area contributed by atoms with Crippen molar-refractivity contribution in [3.05, 3.63) is 12.2 Å². The Kier molecular flexibility index (Phi) is 2.97. The first kappa shape index (κ1) is 9.66. The smallest absolute Gasteiger partial charge is 0.239 e. The number of nitrogens with zero attached hydrogens (tertiary/aromatic N) is 3. The van der Waals surface area contributed by atoms with Gasteiger partial charge < -0.3 is 10.6 Å². The summed E-state index contributed by atoms with van der Waals surface area (Å²) in [6, 6.07) is -0.479. The molecule has 13 heavy (non-hydrogen) atoms. The Labute approximate surface area is 76.1 Å². The molecule has 6 heteroatoms. The summed E-state index contributed by atoms with van der Waals surface area (Å²) in [5, 5.41) is 6.34. The monoisotopic (exact) mass is 183 g/mol. The number of likely N-dealkylation sites (N-methyl/N-ethyl adjacent to an activating group) is 1. The number of amides is 1. The van der Waals surface area contributed by atoms with Gasteiger partial charge in [-0.15, -0.1) is 0 Å². The fourth-order valence-corrected chi connectivity index (χ4v) is 0.957. The van der Waals surface area contributed by atoms with Crippen LogP contribution in [-0.4, -0.2) is 39.1 Å². The van der Waals surface area contributed by atoms with E-state index in [0.29, 0.717) is 12.4 Å². The molecule has 0 spiro atoms. The Morgan fingerprint density at radius 2 is 2.54 bits per heavy atom. The van der Waals surface area contributed by atoms with Gasteiger partial charge in [-0.05, 0) is 6.92 Å². The number of nitrogens with one attached hydrogen (secondary N) is 1. The Morgan fingerprint density at radius 3 is 3.00 bits per heavy atom. The van der Waals surface area contributed by atoms with Gasteiger partial charge in [-0.2, -0.15) is 5.10 Å². The second-order valence-corrected chi connectivity index (χ2v) is 2.92. The van der Waals surface area contributed by atoms with Crippen LogP contribution in [0.15, 0.2) is 6.33 Å². The molecule has 0 bridgehead atoms. The first-order valence-corrected chi connectivity index (χ1v) is 3.96. The standard InChI is InChI=1S/C7H13N5O/c1-5(8)7(13)12(2)3-6-9-4-10-11-6/h4-5H,3,8H2,1-2H3,(H,9,10,11)/t5-/m0/s1. The van der Waals surface area contributed by atoms with Crippen molar-refractivity contribution in [2.45, 2.75) is 19.5 Å². The molecule has 1 heterocycles. The summed E-state index contributed by atoms with van der Waals surface area (Å²) in [5.41, 5.74) is 5.43. The van der Waals surface area contributed by atoms with Crippen LogP contribution in [0, 0.1) is 0 Å². The minimum Gasteiger partial charge on any atom is -0.337 e. The molecule has 72 valence electrons. The van der Waals surface area contributed by atoms with Crippen molar-refractivity contribution in [2.24, 2.45) is 5.73 Å². The van der Waals surface area contributed by atoms with Crippen molar-refractivity contribution in [3.8, 4) is 0 Å². The van der Waals surface area contributed by atoms with Crippen molar-refractivity contribution in [1.29, 1.82) is 0 Å². The van der Waals surface area contributed by atoms with E-state index in [0.717, 1.165) is 0 Å². The highest BCUT2D eigenvalue weighted by atomic mass is 16.2. The van der Waals surface area contributed by atoms with Crippen LogP contribution in [0.2, 0.25) is 0 Å². The molecule has 0 radical (unpaired) electrons. The second kappa shape index (κ2) is 3.99. The predicted octanol–water partition coefficient (Wildman–Crippen LogP) is -0.890. The van der Waals surface area contributed by atoms with Gasteiger partial charge >= 0.3 is 0 Å². The maximum atomic E-state index is 11.3. The topological polar surface area (TPSA) is 87.9 Å². The van der Waals surface area contributed by atoms with E-state index in [4.69, 9.17) is 5.73 Å². The number of rotatable bonds is 3. The molecule has 0 unspecified atom stereocenters. The molecule has 1 rings (SSSR count). The lowest BCUT2D eigenvalue weighted by Crippen LogP contribution is -2.39. The maximum Gasteiger partial charge on any atom is 0.239 e. The van der Waals surface area contributed by atoms with Gasteiger partial charge in [0.05, 0.1) is 12.6 Å². The lowest BCUT2D eigenvalue weighted by molar-refractivity contribution is -0.131. The lowest BCUT2D eigenvalue weighted by atomic mass is 10.3. The molecule has 1 aromatic heterocycles. The van der Waals surface area contributed by atoms with Crippen LogP contribution in [0.1, 0.15) is 12.7 Å². The fraction of sp³-hybridized carbons (Fsp3) is 0.571. The summed E-state index contributed by atoms with van der Waals surface area (Å²) < 4.78 is 0. The summed E-state index contributed by atoms with van der Waals surface area (Å²) in [4.78, 5) is 16.7. The van der Waals surface area contributed by atoms with Gasteiger partial charge in [-0.1, -0.05) is 0 Å². The number of aromatic amines is 1. The molecule has 1 amide bonds. The van der Waals surface area contributed by atoms with E-state index in [2.05, 4.69) is 15.2 Å². The number of aromatic nitrogens is 3. The second-order valence-electron chi connectivity index (χ2n) is 2.92. The Bertz CT molecular complexity index is 268.